The van der Waals surface area contributed by atoms with Crippen LogP contribution in [-0.4, -0.2) is 18.2 Å². The average Bonchev–Trinajstić information content (AvgIpc) is 2.76. The Morgan fingerprint density at radius 2 is 1.75 bits per heavy atom. The Morgan fingerprint density at radius 3 is 2.38 bits per heavy atom. The van der Waals surface area contributed by atoms with Crippen molar-refractivity contribution < 1.29 is 27.6 Å². The lowest BCUT2D eigenvalue weighted by atomic mass is 9.94. The molecule has 32 heavy (non-hydrogen) atoms. The highest BCUT2D eigenvalue weighted by Crippen LogP contribution is 2.39. The van der Waals surface area contributed by atoms with Crippen LogP contribution in [0.2, 0.25) is 5.02 Å². The van der Waals surface area contributed by atoms with Crippen LogP contribution >= 0.6 is 11.6 Å². The number of alkyl halides is 3. The molecule has 1 saturated carbocycles. The lowest BCUT2D eigenvalue weighted by Gasteiger charge is -2.28. The van der Waals surface area contributed by atoms with Gasteiger partial charge in [0.1, 0.15) is 12.3 Å². The number of hydrogen-bond donors (Lipinski definition) is 2. The van der Waals surface area contributed by atoms with Crippen LogP contribution in [-0.2, 0) is 12.7 Å². The molecule has 3 aromatic rings. The Hall–Kier alpha value is -2.51. The van der Waals surface area contributed by atoms with Crippen LogP contribution in [0.3, 0.4) is 0 Å². The van der Waals surface area contributed by atoms with E-state index in [4.69, 9.17) is 16.0 Å². The van der Waals surface area contributed by atoms with Gasteiger partial charge in [-0.05, 0) is 55.5 Å². The number of halogens is 4. The van der Waals surface area contributed by atoms with Crippen molar-refractivity contribution in [3.8, 4) is 16.9 Å². The molecule has 0 aliphatic heterocycles. The fourth-order valence-corrected chi connectivity index (χ4v) is 4.70. The van der Waals surface area contributed by atoms with Gasteiger partial charge in [-0.1, -0.05) is 30.2 Å². The third-order valence-corrected chi connectivity index (χ3v) is 6.54. The smallest absolute Gasteiger partial charge is 0.450 e. The molecule has 8 heteroatoms. The first kappa shape index (κ1) is 22.7. The summed E-state index contributed by atoms with van der Waals surface area (Å²) in [6.45, 7) is 0.258. The average molecular weight is 467 g/mol. The molecule has 0 bridgehead atoms. The Morgan fingerprint density at radius 1 is 1.09 bits per heavy atom. The highest BCUT2D eigenvalue weighted by atomic mass is 35.5. The number of hydrogen-bond acceptors (Lipinski definition) is 3. The molecule has 1 fully saturated rings. The normalized spacial score (nSPS) is 16.4. The minimum atomic E-state index is -4.90. The summed E-state index contributed by atoms with van der Waals surface area (Å²) in [5.41, 5.74) is -1.29. The minimum Gasteiger partial charge on any atom is -0.507 e. The molecule has 1 atom stereocenters. The zero-order chi connectivity index (χ0) is 23.0. The summed E-state index contributed by atoms with van der Waals surface area (Å²) in [4.78, 5) is 14.3. The van der Waals surface area contributed by atoms with Crippen LogP contribution < -0.4 is 10.3 Å². The Bertz CT molecular complexity index is 1180. The third-order valence-electron chi connectivity index (χ3n) is 6.29. The van der Waals surface area contributed by atoms with Crippen molar-refractivity contribution >= 4 is 22.6 Å². The number of phenols is 1. The van der Waals surface area contributed by atoms with Gasteiger partial charge in [0.05, 0.1) is 29.6 Å². The molecule has 4 nitrogen and oxygen atoms in total. The summed E-state index contributed by atoms with van der Waals surface area (Å²) in [6, 6.07) is 8.57. The van der Waals surface area contributed by atoms with Crippen LogP contribution in [0.1, 0.15) is 43.4 Å². The van der Waals surface area contributed by atoms with Crippen LogP contribution in [0.15, 0.2) is 45.6 Å². The third kappa shape index (κ3) is 4.36. The molecule has 1 unspecified atom stereocenters. The number of benzene rings is 2. The predicted octanol–water partition coefficient (Wildman–Crippen LogP) is 5.19. The van der Waals surface area contributed by atoms with Crippen LogP contribution in [0.5, 0.6) is 5.75 Å². The van der Waals surface area contributed by atoms with E-state index in [0.717, 1.165) is 30.6 Å². The highest BCUT2D eigenvalue weighted by molar-refractivity contribution is 6.30. The summed E-state index contributed by atoms with van der Waals surface area (Å²) >= 11 is 5.86. The van der Waals surface area contributed by atoms with Gasteiger partial charge in [0.25, 0.3) is 0 Å². The van der Waals surface area contributed by atoms with Gasteiger partial charge in [-0.2, -0.15) is 13.2 Å². The molecule has 1 aromatic heterocycles. The molecule has 1 aliphatic carbocycles. The molecule has 1 aliphatic rings. The van der Waals surface area contributed by atoms with E-state index < -0.39 is 22.9 Å². The molecule has 0 amide bonds. The van der Waals surface area contributed by atoms with Crippen molar-refractivity contribution in [3.63, 3.8) is 0 Å². The number of fused-ring (bicyclic) bond motifs is 1. The van der Waals surface area contributed by atoms with Crippen LogP contribution in [0.4, 0.5) is 13.2 Å². The fraction of sp³-hybridized carbons (Fsp3) is 0.375. The maximum atomic E-state index is 14.0. The molecule has 1 heterocycles. The first-order valence-electron chi connectivity index (χ1n) is 10.6. The first-order valence-corrected chi connectivity index (χ1v) is 11.0. The van der Waals surface area contributed by atoms with Crippen molar-refractivity contribution in [3.05, 3.63) is 63.0 Å². The van der Waals surface area contributed by atoms with E-state index in [0.29, 0.717) is 11.1 Å². The van der Waals surface area contributed by atoms with Gasteiger partial charge in [0.2, 0.25) is 11.2 Å². The second kappa shape index (κ2) is 8.79. The predicted molar refractivity (Wildman–Crippen MR) is 117 cm³/mol. The minimum absolute atomic E-state index is 0.00666. The van der Waals surface area contributed by atoms with Crippen molar-refractivity contribution in [1.29, 1.82) is 0 Å². The number of quaternary nitrogens is 1. The Kier molecular flexibility index (Phi) is 6.23. The second-order valence-electron chi connectivity index (χ2n) is 8.44. The summed E-state index contributed by atoms with van der Waals surface area (Å²) in [7, 11) is 1.96. The van der Waals surface area contributed by atoms with Crippen LogP contribution in [0.25, 0.3) is 22.1 Å². The van der Waals surface area contributed by atoms with E-state index in [-0.39, 0.29) is 34.4 Å². The number of phenolic OH excluding ortho intramolecular Hbond substituents is 1. The Labute approximate surface area is 188 Å². The van der Waals surface area contributed by atoms with Gasteiger partial charge < -0.3 is 14.4 Å². The second-order valence-corrected chi connectivity index (χ2v) is 8.87. The number of aromatic hydroxyl groups is 1. The molecule has 0 radical (unpaired) electrons. The van der Waals surface area contributed by atoms with Gasteiger partial charge in [0.15, 0.2) is 5.58 Å². The number of nitrogens with one attached hydrogen (secondary N) is 1. The molecule has 2 N–H and O–H groups in total. The molecular weight excluding hydrogens is 443 g/mol. The van der Waals surface area contributed by atoms with E-state index in [2.05, 4.69) is 0 Å². The van der Waals surface area contributed by atoms with Gasteiger partial charge in [-0.3, -0.25) is 4.79 Å². The van der Waals surface area contributed by atoms with Crippen molar-refractivity contribution in [2.45, 2.75) is 50.9 Å². The topological polar surface area (TPSA) is 54.9 Å². The van der Waals surface area contributed by atoms with E-state index in [1.165, 1.54) is 42.8 Å². The lowest BCUT2D eigenvalue weighted by Crippen LogP contribution is -3.11. The standard InChI is InChI=1S/C24H23ClF3NO3/c1-29(16-5-3-2-4-6-16)13-18-19(30)12-11-17-21(31)20(14-7-9-15(25)10-8-14)23(24(26,27)28)32-22(17)18/h7-12,16,30H,2-6,13H2,1H3/p+1. The van der Waals surface area contributed by atoms with Crippen molar-refractivity contribution in [2.24, 2.45) is 0 Å². The zero-order valence-corrected chi connectivity index (χ0v) is 18.3. The monoisotopic (exact) mass is 466 g/mol. The fourth-order valence-electron chi connectivity index (χ4n) is 4.57. The molecule has 0 spiro atoms. The summed E-state index contributed by atoms with van der Waals surface area (Å²) in [5.74, 6) is -1.55. The van der Waals surface area contributed by atoms with Crippen molar-refractivity contribution in [1.82, 2.24) is 0 Å². The maximum absolute atomic E-state index is 14.0. The van der Waals surface area contributed by atoms with E-state index in [1.54, 1.807) is 0 Å². The van der Waals surface area contributed by atoms with E-state index in [9.17, 15) is 23.1 Å². The molecule has 4 rings (SSSR count). The molecule has 2 aromatic carbocycles. The molecule has 170 valence electrons. The summed E-state index contributed by atoms with van der Waals surface area (Å²) in [5, 5.41) is 10.8. The lowest BCUT2D eigenvalue weighted by molar-refractivity contribution is -0.921. The molecular formula is C24H24ClF3NO3+. The maximum Gasteiger partial charge on any atom is 0.450 e. The Balaban J connectivity index is 1.90. The zero-order valence-electron chi connectivity index (χ0n) is 17.6. The van der Waals surface area contributed by atoms with Gasteiger partial charge in [-0.25, -0.2) is 0 Å². The molecule has 0 saturated heterocycles. The van der Waals surface area contributed by atoms with Gasteiger partial charge >= 0.3 is 6.18 Å². The van der Waals surface area contributed by atoms with Gasteiger partial charge in [0, 0.05) is 5.02 Å². The van der Waals surface area contributed by atoms with E-state index in [1.807, 2.05) is 7.05 Å². The highest BCUT2D eigenvalue weighted by Gasteiger charge is 2.40. The van der Waals surface area contributed by atoms with Gasteiger partial charge in [-0.15, -0.1) is 0 Å². The quantitative estimate of drug-likeness (QED) is 0.556. The largest absolute Gasteiger partial charge is 0.507 e. The summed E-state index contributed by atoms with van der Waals surface area (Å²) < 4.78 is 47.3. The first-order chi connectivity index (χ1) is 15.2. The SMILES string of the molecule is C[NH+](Cc1c(O)ccc2c(=O)c(-c3ccc(Cl)cc3)c(C(F)(F)F)oc12)C1CCCCC1. The number of rotatable bonds is 4. The van der Waals surface area contributed by atoms with Crippen LogP contribution in [0, 0.1) is 0 Å². The van der Waals surface area contributed by atoms with E-state index >= 15 is 0 Å². The summed E-state index contributed by atoms with van der Waals surface area (Å²) in [6.07, 6.45) is 0.558. The van der Waals surface area contributed by atoms with Crippen molar-refractivity contribution in [2.75, 3.05) is 7.05 Å².